The number of carbonyl (C=O) groups excluding carboxylic acids is 2. The maximum atomic E-state index is 13.2. The van der Waals surface area contributed by atoms with Gasteiger partial charge in [-0.05, 0) is 45.5 Å². The van der Waals surface area contributed by atoms with Gasteiger partial charge in [0.1, 0.15) is 0 Å². The monoisotopic (exact) mass is 707 g/mol. The topological polar surface area (TPSA) is 82.6 Å². The van der Waals surface area contributed by atoms with Crippen molar-refractivity contribution in [2.75, 3.05) is 32.7 Å². The maximum absolute atomic E-state index is 13.2. The van der Waals surface area contributed by atoms with Gasteiger partial charge in [0.15, 0.2) is 6.29 Å². The zero-order valence-electron chi connectivity index (χ0n) is 30.0. The van der Waals surface area contributed by atoms with Gasteiger partial charge in [0, 0.05) is 50.7 Å². The van der Waals surface area contributed by atoms with Crippen LogP contribution in [0.2, 0.25) is 0 Å². The predicted molar refractivity (Wildman–Crippen MR) is 204 cm³/mol. The van der Waals surface area contributed by atoms with Crippen LogP contribution in [-0.2, 0) is 29.2 Å². The van der Waals surface area contributed by atoms with Crippen molar-refractivity contribution in [3.05, 3.63) is 166 Å². The van der Waals surface area contributed by atoms with Gasteiger partial charge in [-0.25, -0.2) is 0 Å². The van der Waals surface area contributed by atoms with Crippen molar-refractivity contribution < 1.29 is 24.2 Å². The molecule has 0 aliphatic carbocycles. The number of aliphatic hydroxyl groups is 1. The fourth-order valence-electron chi connectivity index (χ4n) is 7.87. The predicted octanol–water partition coefficient (Wildman–Crippen LogP) is 7.25. The number of imide groups is 1. The zero-order valence-corrected chi connectivity index (χ0v) is 30.0. The zero-order chi connectivity index (χ0) is 36.3. The summed E-state index contributed by atoms with van der Waals surface area (Å²) in [7, 11) is 0. The second-order valence-corrected chi connectivity index (χ2v) is 14.4. The third-order valence-electron chi connectivity index (χ3n) is 11.0. The molecule has 5 aromatic carbocycles. The van der Waals surface area contributed by atoms with Crippen LogP contribution in [0.25, 0.3) is 11.1 Å². The molecule has 53 heavy (non-hydrogen) atoms. The van der Waals surface area contributed by atoms with Crippen LogP contribution < -0.4 is 0 Å². The lowest BCUT2D eigenvalue weighted by Crippen LogP contribution is -2.51. The lowest BCUT2D eigenvalue weighted by Gasteiger charge is -2.44. The average molecular weight is 708 g/mol. The van der Waals surface area contributed by atoms with Crippen LogP contribution in [-0.4, -0.2) is 70.4 Å². The van der Waals surface area contributed by atoms with Gasteiger partial charge in [-0.15, -0.1) is 0 Å². The molecule has 0 saturated carbocycles. The molecule has 2 fully saturated rings. The van der Waals surface area contributed by atoms with Crippen LogP contribution in [0, 0.1) is 5.92 Å². The Bertz CT molecular complexity index is 2010. The molecule has 4 atom stereocenters. The standard InChI is InChI=1S/C45H45N3O5/c1-31-41(29-47-25-23-46(24-26-47)27-32-9-3-2-4-10-32)52-45(53-42(31)35-17-15-33(30-49)16-18-35)36-21-19-34(20-22-36)38-12-6-5-11-37(38)28-48-43(50)39-13-7-8-14-40(39)44(48)51/h2-22,31,41-42,45,49H,23-30H2,1H3/t31-,41+,42+,45+/m1/s1. The first kappa shape index (κ1) is 35.1. The van der Waals surface area contributed by atoms with Crippen LogP contribution >= 0.6 is 0 Å². The molecule has 3 heterocycles. The number of nitrogens with zero attached hydrogens (tertiary/aromatic N) is 3. The molecule has 2 amide bonds. The molecule has 0 radical (unpaired) electrons. The van der Waals surface area contributed by atoms with Crippen molar-refractivity contribution in [3.8, 4) is 11.1 Å². The summed E-state index contributed by atoms with van der Waals surface area (Å²) < 4.78 is 13.6. The Labute approximate surface area is 311 Å². The second-order valence-electron chi connectivity index (χ2n) is 14.4. The molecular formula is C45H45N3O5. The molecule has 0 bridgehead atoms. The average Bonchev–Trinajstić information content (AvgIpc) is 3.45. The highest BCUT2D eigenvalue weighted by Crippen LogP contribution is 2.42. The number of hydrogen-bond donors (Lipinski definition) is 1. The third kappa shape index (κ3) is 7.47. The maximum Gasteiger partial charge on any atom is 0.261 e. The number of fused-ring (bicyclic) bond motifs is 1. The fourth-order valence-corrected chi connectivity index (χ4v) is 7.87. The quantitative estimate of drug-likeness (QED) is 0.153. The van der Waals surface area contributed by atoms with Gasteiger partial charge in [0.05, 0.1) is 36.5 Å². The van der Waals surface area contributed by atoms with Crippen LogP contribution in [0.15, 0.2) is 127 Å². The minimum absolute atomic E-state index is 0.000255. The summed E-state index contributed by atoms with van der Waals surface area (Å²) >= 11 is 0. The molecule has 0 spiro atoms. The highest BCUT2D eigenvalue weighted by Gasteiger charge is 2.40. The molecule has 8 nitrogen and oxygen atoms in total. The number of carbonyl (C=O) groups is 2. The number of ether oxygens (including phenoxy) is 2. The number of hydrogen-bond acceptors (Lipinski definition) is 7. The van der Waals surface area contributed by atoms with E-state index in [4.69, 9.17) is 9.47 Å². The molecule has 8 heteroatoms. The summed E-state index contributed by atoms with van der Waals surface area (Å²) in [4.78, 5) is 32.7. The summed E-state index contributed by atoms with van der Waals surface area (Å²) in [6.45, 7) is 8.17. The van der Waals surface area contributed by atoms with Crippen LogP contribution in [0.3, 0.4) is 0 Å². The normalized spacial score (nSPS) is 22.3. The third-order valence-corrected chi connectivity index (χ3v) is 11.0. The lowest BCUT2D eigenvalue weighted by atomic mass is 9.89. The number of aliphatic hydroxyl groups excluding tert-OH is 1. The first-order valence-corrected chi connectivity index (χ1v) is 18.6. The van der Waals surface area contributed by atoms with E-state index < -0.39 is 6.29 Å². The van der Waals surface area contributed by atoms with Crippen molar-refractivity contribution >= 4 is 11.8 Å². The Morgan fingerprint density at radius 1 is 0.604 bits per heavy atom. The van der Waals surface area contributed by atoms with Gasteiger partial charge in [-0.1, -0.05) is 122 Å². The Balaban J connectivity index is 0.994. The SMILES string of the molecule is C[C@@H]1[C@H](CN2CCN(Cc3ccccc3)CC2)O[C@H](c2ccc(-c3ccccc3CN3C(=O)c4ccccc4C3=O)cc2)O[C@@H]1c1ccc(CO)cc1. The number of rotatable bonds is 10. The van der Waals surface area contributed by atoms with E-state index in [1.54, 1.807) is 24.3 Å². The van der Waals surface area contributed by atoms with Crippen molar-refractivity contribution in [1.82, 2.24) is 14.7 Å². The van der Waals surface area contributed by atoms with Crippen LogP contribution in [0.1, 0.15) is 67.9 Å². The van der Waals surface area contributed by atoms with E-state index in [9.17, 15) is 14.7 Å². The Kier molecular flexibility index (Phi) is 10.3. The van der Waals surface area contributed by atoms with E-state index >= 15 is 0 Å². The molecule has 1 N–H and O–H groups in total. The van der Waals surface area contributed by atoms with E-state index in [1.165, 1.54) is 10.5 Å². The van der Waals surface area contributed by atoms with Gasteiger partial charge in [-0.2, -0.15) is 0 Å². The molecule has 3 aliphatic heterocycles. The molecule has 0 aromatic heterocycles. The van der Waals surface area contributed by atoms with E-state index in [-0.39, 0.29) is 43.1 Å². The Morgan fingerprint density at radius 3 is 1.85 bits per heavy atom. The molecule has 5 aromatic rings. The van der Waals surface area contributed by atoms with Crippen molar-refractivity contribution in [3.63, 3.8) is 0 Å². The van der Waals surface area contributed by atoms with E-state index in [2.05, 4.69) is 83.5 Å². The summed E-state index contributed by atoms with van der Waals surface area (Å²) in [5, 5.41) is 9.67. The molecule has 2 saturated heterocycles. The second kappa shape index (κ2) is 15.6. The highest BCUT2D eigenvalue weighted by molar-refractivity contribution is 6.21. The van der Waals surface area contributed by atoms with Gasteiger partial charge in [-0.3, -0.25) is 24.3 Å². The number of amides is 2. The first-order valence-electron chi connectivity index (χ1n) is 18.6. The summed E-state index contributed by atoms with van der Waals surface area (Å²) in [6.07, 6.45) is -0.816. The van der Waals surface area contributed by atoms with Gasteiger partial charge in [0.25, 0.3) is 11.8 Å². The smallest absolute Gasteiger partial charge is 0.261 e. The highest BCUT2D eigenvalue weighted by atomic mass is 16.7. The number of piperazine rings is 1. The summed E-state index contributed by atoms with van der Waals surface area (Å²) in [5.41, 5.74) is 7.94. The minimum Gasteiger partial charge on any atom is -0.392 e. The molecule has 8 rings (SSSR count). The van der Waals surface area contributed by atoms with E-state index in [0.29, 0.717) is 11.1 Å². The van der Waals surface area contributed by atoms with Crippen molar-refractivity contribution in [2.24, 2.45) is 5.92 Å². The van der Waals surface area contributed by atoms with E-state index in [1.807, 2.05) is 36.4 Å². The summed E-state index contributed by atoms with van der Waals surface area (Å²) in [5.74, 6) is -0.427. The van der Waals surface area contributed by atoms with Crippen molar-refractivity contribution in [1.29, 1.82) is 0 Å². The largest absolute Gasteiger partial charge is 0.392 e. The Hall–Kier alpha value is -4.96. The van der Waals surface area contributed by atoms with Crippen LogP contribution in [0.4, 0.5) is 0 Å². The Morgan fingerprint density at radius 2 is 1.19 bits per heavy atom. The van der Waals surface area contributed by atoms with Gasteiger partial charge >= 0.3 is 0 Å². The first-order chi connectivity index (χ1) is 25.9. The minimum atomic E-state index is -0.569. The van der Waals surface area contributed by atoms with Gasteiger partial charge < -0.3 is 14.6 Å². The number of benzene rings is 5. The van der Waals surface area contributed by atoms with Crippen molar-refractivity contribution in [2.45, 2.75) is 45.1 Å². The molecule has 3 aliphatic rings. The molecular weight excluding hydrogens is 663 g/mol. The fraction of sp³-hybridized carbons (Fsp3) is 0.289. The lowest BCUT2D eigenvalue weighted by molar-refractivity contribution is -0.276. The van der Waals surface area contributed by atoms with E-state index in [0.717, 1.165) is 72.6 Å². The van der Waals surface area contributed by atoms with Gasteiger partial charge in [0.2, 0.25) is 0 Å². The molecule has 0 unspecified atom stereocenters. The molecule has 270 valence electrons. The summed E-state index contributed by atoms with van der Waals surface area (Å²) in [6, 6.07) is 41.9. The van der Waals surface area contributed by atoms with Crippen LogP contribution in [0.5, 0.6) is 0 Å².